The first-order chi connectivity index (χ1) is 12.6. The van der Waals surface area contributed by atoms with Crippen LogP contribution in [0.1, 0.15) is 24.2 Å². The number of carbonyl (C=O) groups excluding carboxylic acids is 2. The summed E-state index contributed by atoms with van der Waals surface area (Å²) in [5.41, 5.74) is 1.90. The van der Waals surface area contributed by atoms with Gasteiger partial charge in [-0.05, 0) is 37.4 Å². The van der Waals surface area contributed by atoms with Crippen molar-refractivity contribution in [3.05, 3.63) is 59.6 Å². The Bertz CT molecular complexity index is 888. The van der Waals surface area contributed by atoms with Crippen molar-refractivity contribution in [2.24, 2.45) is 0 Å². The molecule has 2 N–H and O–H groups in total. The molecule has 6 nitrogen and oxygen atoms in total. The van der Waals surface area contributed by atoms with Crippen LogP contribution in [-0.4, -0.2) is 34.2 Å². The van der Waals surface area contributed by atoms with Crippen LogP contribution in [0, 0.1) is 0 Å². The summed E-state index contributed by atoms with van der Waals surface area (Å²) in [4.78, 5) is 25.6. The van der Waals surface area contributed by atoms with E-state index in [4.69, 9.17) is 0 Å². The van der Waals surface area contributed by atoms with Gasteiger partial charge in [-0.2, -0.15) is 5.10 Å². The molecular formula is C19H20N4O2S. The van der Waals surface area contributed by atoms with Gasteiger partial charge >= 0.3 is 0 Å². The van der Waals surface area contributed by atoms with Gasteiger partial charge in [-0.3, -0.25) is 9.59 Å². The average Bonchev–Trinajstić information content (AvgIpc) is 3.32. The highest BCUT2D eigenvalue weighted by atomic mass is 32.1. The number of benzene rings is 1. The lowest BCUT2D eigenvalue weighted by molar-refractivity contribution is -0.122. The third-order valence-electron chi connectivity index (χ3n) is 3.83. The second-order valence-corrected chi connectivity index (χ2v) is 6.69. The van der Waals surface area contributed by atoms with Gasteiger partial charge < -0.3 is 10.6 Å². The minimum atomic E-state index is -0.626. The molecule has 0 aliphatic heterocycles. The number of thiophene rings is 1. The SMILES string of the molecule is CCNC(=O)[C@@H](C)NC(=O)c1cn(-c2ccccc2)nc1-c1cccs1. The predicted octanol–water partition coefficient (Wildman–Crippen LogP) is 2.86. The van der Waals surface area contributed by atoms with E-state index in [-0.39, 0.29) is 11.8 Å². The maximum atomic E-state index is 12.8. The Morgan fingerprint density at radius 1 is 1.19 bits per heavy atom. The standard InChI is InChI=1S/C19H20N4O2S/c1-3-20-18(24)13(2)21-19(25)15-12-23(14-8-5-4-6-9-14)22-17(15)16-10-7-11-26-16/h4-13H,3H2,1-2H3,(H,20,24)(H,21,25)/t13-/m1/s1. The Morgan fingerprint density at radius 3 is 2.62 bits per heavy atom. The quantitative estimate of drug-likeness (QED) is 0.702. The molecule has 2 aromatic heterocycles. The molecule has 0 radical (unpaired) electrons. The van der Waals surface area contributed by atoms with E-state index >= 15 is 0 Å². The second-order valence-electron chi connectivity index (χ2n) is 5.74. The molecule has 0 fully saturated rings. The van der Waals surface area contributed by atoms with Crippen molar-refractivity contribution >= 4 is 23.2 Å². The smallest absolute Gasteiger partial charge is 0.255 e. The van der Waals surface area contributed by atoms with Crippen molar-refractivity contribution in [3.63, 3.8) is 0 Å². The topological polar surface area (TPSA) is 76.0 Å². The van der Waals surface area contributed by atoms with Crippen LogP contribution in [0.2, 0.25) is 0 Å². The third kappa shape index (κ3) is 3.83. The lowest BCUT2D eigenvalue weighted by Crippen LogP contribution is -2.44. The summed E-state index contributed by atoms with van der Waals surface area (Å²) in [5, 5.41) is 12.0. The Kier molecular flexibility index (Phi) is 5.48. The number of amides is 2. The molecule has 1 atom stereocenters. The average molecular weight is 368 g/mol. The van der Waals surface area contributed by atoms with E-state index in [0.29, 0.717) is 17.8 Å². The van der Waals surface area contributed by atoms with E-state index in [0.717, 1.165) is 10.6 Å². The molecule has 0 saturated carbocycles. The lowest BCUT2D eigenvalue weighted by Gasteiger charge is -2.13. The maximum Gasteiger partial charge on any atom is 0.255 e. The van der Waals surface area contributed by atoms with Crippen LogP contribution in [0.25, 0.3) is 16.3 Å². The van der Waals surface area contributed by atoms with Crippen LogP contribution in [0.3, 0.4) is 0 Å². The van der Waals surface area contributed by atoms with E-state index in [1.165, 1.54) is 11.3 Å². The fourth-order valence-electron chi connectivity index (χ4n) is 2.52. The Balaban J connectivity index is 1.93. The van der Waals surface area contributed by atoms with Crippen LogP contribution in [-0.2, 0) is 4.79 Å². The summed E-state index contributed by atoms with van der Waals surface area (Å²) in [6.45, 7) is 4.02. The van der Waals surface area contributed by atoms with Crippen molar-refractivity contribution in [2.45, 2.75) is 19.9 Å². The molecule has 134 valence electrons. The monoisotopic (exact) mass is 368 g/mol. The van der Waals surface area contributed by atoms with Gasteiger partial charge in [0.25, 0.3) is 5.91 Å². The lowest BCUT2D eigenvalue weighted by atomic mass is 10.2. The summed E-state index contributed by atoms with van der Waals surface area (Å²) in [7, 11) is 0. The van der Waals surface area contributed by atoms with Crippen LogP contribution in [0.4, 0.5) is 0 Å². The number of nitrogens with one attached hydrogen (secondary N) is 2. The first-order valence-electron chi connectivity index (χ1n) is 8.37. The van der Waals surface area contributed by atoms with Gasteiger partial charge in [0.05, 0.1) is 16.1 Å². The molecule has 0 aliphatic carbocycles. The number of rotatable bonds is 6. The van der Waals surface area contributed by atoms with Gasteiger partial charge in [0.1, 0.15) is 11.7 Å². The van der Waals surface area contributed by atoms with Crippen molar-refractivity contribution < 1.29 is 9.59 Å². The number of nitrogens with zero attached hydrogens (tertiary/aromatic N) is 2. The number of aromatic nitrogens is 2. The van der Waals surface area contributed by atoms with Crippen molar-refractivity contribution in [1.29, 1.82) is 0 Å². The maximum absolute atomic E-state index is 12.8. The van der Waals surface area contributed by atoms with Gasteiger partial charge in [-0.1, -0.05) is 24.3 Å². The molecule has 3 aromatic rings. The zero-order valence-electron chi connectivity index (χ0n) is 14.6. The highest BCUT2D eigenvalue weighted by Gasteiger charge is 2.22. The normalized spacial score (nSPS) is 11.8. The van der Waals surface area contributed by atoms with Gasteiger partial charge in [0.2, 0.25) is 5.91 Å². The molecule has 0 saturated heterocycles. The van der Waals surface area contributed by atoms with E-state index in [2.05, 4.69) is 15.7 Å². The minimum Gasteiger partial charge on any atom is -0.355 e. The number of likely N-dealkylation sites (N-methyl/N-ethyl adjacent to an activating group) is 1. The van der Waals surface area contributed by atoms with Crippen LogP contribution < -0.4 is 10.6 Å². The largest absolute Gasteiger partial charge is 0.355 e. The molecule has 3 rings (SSSR count). The van der Waals surface area contributed by atoms with E-state index in [1.807, 2.05) is 54.8 Å². The number of carbonyl (C=O) groups is 2. The number of para-hydroxylation sites is 1. The molecule has 0 spiro atoms. The first-order valence-corrected chi connectivity index (χ1v) is 9.25. The molecule has 2 heterocycles. The van der Waals surface area contributed by atoms with Crippen molar-refractivity contribution in [3.8, 4) is 16.3 Å². The molecule has 7 heteroatoms. The highest BCUT2D eigenvalue weighted by molar-refractivity contribution is 7.13. The van der Waals surface area contributed by atoms with Gasteiger partial charge in [0, 0.05) is 12.7 Å². The Hall–Kier alpha value is -2.93. The van der Waals surface area contributed by atoms with Crippen LogP contribution in [0.15, 0.2) is 54.0 Å². The molecule has 2 amide bonds. The zero-order chi connectivity index (χ0) is 18.5. The molecular weight excluding hydrogens is 348 g/mol. The number of hydrogen-bond donors (Lipinski definition) is 2. The summed E-state index contributed by atoms with van der Waals surface area (Å²) in [6.07, 6.45) is 1.70. The second kappa shape index (κ2) is 7.97. The van der Waals surface area contributed by atoms with E-state index in [1.54, 1.807) is 17.8 Å². The van der Waals surface area contributed by atoms with Gasteiger partial charge in [0.15, 0.2) is 0 Å². The van der Waals surface area contributed by atoms with Crippen LogP contribution in [0.5, 0.6) is 0 Å². The summed E-state index contributed by atoms with van der Waals surface area (Å²) < 4.78 is 1.68. The first kappa shape index (κ1) is 17.9. The summed E-state index contributed by atoms with van der Waals surface area (Å²) >= 11 is 1.51. The fourth-order valence-corrected chi connectivity index (χ4v) is 3.24. The van der Waals surface area contributed by atoms with Crippen molar-refractivity contribution in [1.82, 2.24) is 20.4 Å². The van der Waals surface area contributed by atoms with E-state index in [9.17, 15) is 9.59 Å². The summed E-state index contributed by atoms with van der Waals surface area (Å²) in [5.74, 6) is -0.539. The number of hydrogen-bond acceptors (Lipinski definition) is 4. The third-order valence-corrected chi connectivity index (χ3v) is 4.70. The molecule has 0 aliphatic rings. The molecule has 1 aromatic carbocycles. The van der Waals surface area contributed by atoms with Crippen molar-refractivity contribution in [2.75, 3.05) is 6.54 Å². The fraction of sp³-hybridized carbons (Fsp3) is 0.211. The van der Waals surface area contributed by atoms with Crippen LogP contribution >= 0.6 is 11.3 Å². The molecule has 0 bridgehead atoms. The molecule has 26 heavy (non-hydrogen) atoms. The Labute approximate surface area is 155 Å². The van der Waals surface area contributed by atoms with E-state index < -0.39 is 6.04 Å². The van der Waals surface area contributed by atoms with Gasteiger partial charge in [-0.15, -0.1) is 11.3 Å². The summed E-state index contributed by atoms with van der Waals surface area (Å²) in [6, 6.07) is 12.8. The van der Waals surface area contributed by atoms with Gasteiger partial charge in [-0.25, -0.2) is 4.68 Å². The minimum absolute atomic E-state index is 0.214. The predicted molar refractivity (Wildman–Crippen MR) is 102 cm³/mol. The Morgan fingerprint density at radius 2 is 1.96 bits per heavy atom. The highest BCUT2D eigenvalue weighted by Crippen LogP contribution is 2.27. The zero-order valence-corrected chi connectivity index (χ0v) is 15.4. The molecule has 0 unspecified atom stereocenters.